The molecule has 0 spiro atoms. The summed E-state index contributed by atoms with van der Waals surface area (Å²) in [6.45, 7) is 3.92. The van der Waals surface area contributed by atoms with Crippen molar-refractivity contribution in [2.24, 2.45) is 5.92 Å². The van der Waals surface area contributed by atoms with E-state index in [1.54, 1.807) is 38.1 Å². The Morgan fingerprint density at radius 3 is 2.86 bits per heavy atom. The van der Waals surface area contributed by atoms with Crippen LogP contribution >= 0.6 is 11.6 Å². The van der Waals surface area contributed by atoms with E-state index in [0.717, 1.165) is 19.3 Å². The first-order chi connectivity index (χ1) is 9.88. The number of ether oxygens (including phenoxy) is 1. The predicted molar refractivity (Wildman–Crippen MR) is 82.5 cm³/mol. The van der Waals surface area contributed by atoms with Crippen LogP contribution in [0.1, 0.15) is 33.1 Å². The van der Waals surface area contributed by atoms with Crippen LogP contribution < -0.4 is 10.1 Å². The van der Waals surface area contributed by atoms with Crippen molar-refractivity contribution in [1.82, 2.24) is 5.32 Å². The molecule has 2 rings (SSSR count). The zero-order valence-corrected chi connectivity index (χ0v) is 13.2. The van der Waals surface area contributed by atoms with E-state index in [-0.39, 0.29) is 17.9 Å². The van der Waals surface area contributed by atoms with Gasteiger partial charge >= 0.3 is 0 Å². The van der Waals surface area contributed by atoms with Crippen molar-refractivity contribution >= 4 is 17.5 Å². The maximum atomic E-state index is 12.3. The summed E-state index contributed by atoms with van der Waals surface area (Å²) >= 11 is 5.91. The molecule has 2 atom stereocenters. The number of rotatable bonds is 5. The summed E-state index contributed by atoms with van der Waals surface area (Å²) in [5.74, 6) is 0.515. The van der Waals surface area contributed by atoms with Crippen molar-refractivity contribution < 1.29 is 14.6 Å². The lowest BCUT2D eigenvalue weighted by Crippen LogP contribution is -2.48. The third-order valence-corrected chi connectivity index (χ3v) is 4.09. The Balaban J connectivity index is 1.90. The summed E-state index contributed by atoms with van der Waals surface area (Å²) in [4.78, 5) is 12.3. The number of halogens is 1. The van der Waals surface area contributed by atoms with Crippen LogP contribution in [-0.2, 0) is 4.79 Å². The van der Waals surface area contributed by atoms with Crippen LogP contribution in [0.15, 0.2) is 24.3 Å². The smallest absolute Gasteiger partial charge is 0.263 e. The van der Waals surface area contributed by atoms with E-state index in [0.29, 0.717) is 17.3 Å². The fourth-order valence-corrected chi connectivity index (χ4v) is 2.74. The van der Waals surface area contributed by atoms with Gasteiger partial charge in [-0.25, -0.2) is 0 Å². The molecule has 4 nitrogen and oxygen atoms in total. The predicted octanol–water partition coefficient (Wildman–Crippen LogP) is 2.77. The largest absolute Gasteiger partial charge is 0.478 e. The molecule has 0 saturated heterocycles. The molecule has 0 heterocycles. The van der Waals surface area contributed by atoms with Crippen molar-refractivity contribution in [2.45, 2.75) is 44.8 Å². The average molecular weight is 312 g/mol. The van der Waals surface area contributed by atoms with Crippen LogP contribution in [0.25, 0.3) is 0 Å². The third-order valence-electron chi connectivity index (χ3n) is 3.86. The summed E-state index contributed by atoms with van der Waals surface area (Å²) in [6.07, 6.45) is 2.49. The Labute approximate surface area is 130 Å². The standard InChI is InChI=1S/C16H22ClNO3/c1-16(2,21-13-7-4-6-12(17)9-13)15(20)18-10-11-5-3-8-14(11)19/h4,6-7,9,11,14,19H,3,5,8,10H2,1-2H3,(H,18,20). The minimum atomic E-state index is -0.992. The fraction of sp³-hybridized carbons (Fsp3) is 0.562. The van der Waals surface area contributed by atoms with E-state index in [4.69, 9.17) is 16.3 Å². The normalized spacial score (nSPS) is 22.1. The molecule has 2 unspecified atom stereocenters. The van der Waals surface area contributed by atoms with E-state index in [1.807, 2.05) is 0 Å². The molecule has 1 saturated carbocycles. The van der Waals surface area contributed by atoms with Crippen molar-refractivity contribution in [3.8, 4) is 5.75 Å². The monoisotopic (exact) mass is 311 g/mol. The Morgan fingerprint density at radius 1 is 1.48 bits per heavy atom. The van der Waals surface area contributed by atoms with Crippen LogP contribution in [0.5, 0.6) is 5.75 Å². The molecule has 21 heavy (non-hydrogen) atoms. The molecular formula is C16H22ClNO3. The number of carbonyl (C=O) groups excluding carboxylic acids is 1. The van der Waals surface area contributed by atoms with E-state index in [2.05, 4.69) is 5.32 Å². The number of aliphatic hydroxyl groups is 1. The van der Waals surface area contributed by atoms with Gasteiger partial charge < -0.3 is 15.2 Å². The number of amides is 1. The quantitative estimate of drug-likeness (QED) is 0.879. The van der Waals surface area contributed by atoms with Gasteiger partial charge in [0.2, 0.25) is 0 Å². The molecule has 1 aromatic rings. The van der Waals surface area contributed by atoms with Crippen molar-refractivity contribution in [3.05, 3.63) is 29.3 Å². The summed E-state index contributed by atoms with van der Waals surface area (Å²) < 4.78 is 5.73. The topological polar surface area (TPSA) is 58.6 Å². The molecule has 0 bridgehead atoms. The lowest BCUT2D eigenvalue weighted by molar-refractivity contribution is -0.134. The highest BCUT2D eigenvalue weighted by Crippen LogP contribution is 2.25. The summed E-state index contributed by atoms with van der Waals surface area (Å²) in [5, 5.41) is 13.2. The fourth-order valence-electron chi connectivity index (χ4n) is 2.56. The number of carbonyl (C=O) groups is 1. The molecule has 1 aromatic carbocycles. The summed E-state index contributed by atoms with van der Waals surface area (Å²) in [7, 11) is 0. The number of hydrogen-bond acceptors (Lipinski definition) is 3. The van der Waals surface area contributed by atoms with Gasteiger partial charge in [-0.3, -0.25) is 4.79 Å². The molecule has 0 radical (unpaired) electrons. The average Bonchev–Trinajstić information content (AvgIpc) is 2.81. The minimum Gasteiger partial charge on any atom is -0.478 e. The van der Waals surface area contributed by atoms with Crippen LogP contribution in [0.3, 0.4) is 0 Å². The molecule has 5 heteroatoms. The summed E-state index contributed by atoms with van der Waals surface area (Å²) in [5.41, 5.74) is -0.992. The molecule has 0 aliphatic heterocycles. The Morgan fingerprint density at radius 2 is 2.24 bits per heavy atom. The van der Waals surface area contributed by atoms with E-state index in [9.17, 15) is 9.90 Å². The van der Waals surface area contributed by atoms with Gasteiger partial charge in [0.05, 0.1) is 6.10 Å². The second-order valence-electron chi connectivity index (χ2n) is 6.04. The molecule has 0 aromatic heterocycles. The van der Waals surface area contributed by atoms with Gasteiger partial charge in [0.25, 0.3) is 5.91 Å². The van der Waals surface area contributed by atoms with Crippen molar-refractivity contribution in [1.29, 1.82) is 0 Å². The lowest BCUT2D eigenvalue weighted by Gasteiger charge is -2.26. The first kappa shape index (κ1) is 16.1. The molecule has 1 aliphatic rings. The zero-order valence-electron chi connectivity index (χ0n) is 12.4. The van der Waals surface area contributed by atoms with Crippen LogP contribution in [0.2, 0.25) is 5.02 Å². The molecule has 1 fully saturated rings. The van der Waals surface area contributed by atoms with Crippen LogP contribution in [0.4, 0.5) is 0 Å². The Hall–Kier alpha value is -1.26. The molecule has 1 aliphatic carbocycles. The van der Waals surface area contributed by atoms with Crippen molar-refractivity contribution in [3.63, 3.8) is 0 Å². The van der Waals surface area contributed by atoms with Crippen LogP contribution in [0, 0.1) is 5.92 Å². The van der Waals surface area contributed by atoms with Gasteiger partial charge in [-0.05, 0) is 44.9 Å². The highest BCUT2D eigenvalue weighted by Gasteiger charge is 2.32. The first-order valence-corrected chi connectivity index (χ1v) is 7.67. The number of hydrogen-bond donors (Lipinski definition) is 2. The lowest BCUT2D eigenvalue weighted by atomic mass is 10.0. The zero-order chi connectivity index (χ0) is 15.5. The van der Waals surface area contributed by atoms with Gasteiger partial charge in [0.1, 0.15) is 5.75 Å². The highest BCUT2D eigenvalue weighted by atomic mass is 35.5. The van der Waals surface area contributed by atoms with E-state index < -0.39 is 5.60 Å². The van der Waals surface area contributed by atoms with Gasteiger partial charge in [0, 0.05) is 17.5 Å². The van der Waals surface area contributed by atoms with Gasteiger partial charge in [-0.2, -0.15) is 0 Å². The molecule has 1 amide bonds. The van der Waals surface area contributed by atoms with Gasteiger partial charge in [0.15, 0.2) is 5.60 Å². The maximum Gasteiger partial charge on any atom is 0.263 e. The number of aliphatic hydroxyl groups excluding tert-OH is 1. The van der Waals surface area contributed by atoms with E-state index in [1.165, 1.54) is 0 Å². The molecular weight excluding hydrogens is 290 g/mol. The molecule has 2 N–H and O–H groups in total. The highest BCUT2D eigenvalue weighted by molar-refractivity contribution is 6.30. The first-order valence-electron chi connectivity index (χ1n) is 7.29. The Kier molecular flexibility index (Phi) is 5.12. The van der Waals surface area contributed by atoms with Gasteiger partial charge in [-0.15, -0.1) is 0 Å². The second-order valence-corrected chi connectivity index (χ2v) is 6.47. The Bertz CT molecular complexity index is 504. The maximum absolute atomic E-state index is 12.3. The second kappa shape index (κ2) is 6.67. The molecule has 116 valence electrons. The van der Waals surface area contributed by atoms with E-state index >= 15 is 0 Å². The van der Waals surface area contributed by atoms with Crippen molar-refractivity contribution in [2.75, 3.05) is 6.54 Å². The number of benzene rings is 1. The third kappa shape index (κ3) is 4.35. The summed E-state index contributed by atoms with van der Waals surface area (Å²) in [6, 6.07) is 6.97. The minimum absolute atomic E-state index is 0.149. The van der Waals surface area contributed by atoms with Gasteiger partial charge in [-0.1, -0.05) is 24.1 Å². The van der Waals surface area contributed by atoms with Crippen LogP contribution in [-0.4, -0.2) is 29.3 Å². The SMILES string of the molecule is CC(C)(Oc1cccc(Cl)c1)C(=O)NCC1CCCC1O. The number of nitrogens with one attached hydrogen (secondary N) is 1.